The molecule has 3 nitrogen and oxygen atoms in total. The molecule has 0 aliphatic rings. The zero-order valence-electron chi connectivity index (χ0n) is 8.41. The van der Waals surface area contributed by atoms with Gasteiger partial charge in [-0.05, 0) is 37.2 Å². The van der Waals surface area contributed by atoms with E-state index in [9.17, 15) is 0 Å². The maximum absolute atomic E-state index is 9.10. The van der Waals surface area contributed by atoms with Crippen LogP contribution in [0, 0.1) is 18.3 Å². The van der Waals surface area contributed by atoms with Crippen molar-refractivity contribution < 1.29 is 5.11 Å². The fourth-order valence-corrected chi connectivity index (χ4v) is 1.48. The Morgan fingerprint density at radius 1 is 1.57 bits per heavy atom. The third kappa shape index (κ3) is 2.11. The Kier molecular flexibility index (Phi) is 3.63. The van der Waals surface area contributed by atoms with Crippen LogP contribution in [0.3, 0.4) is 0 Å². The van der Waals surface area contributed by atoms with Gasteiger partial charge in [0.15, 0.2) is 0 Å². The van der Waals surface area contributed by atoms with Crippen LogP contribution in [0.2, 0.25) is 0 Å². The Balaban J connectivity index is 3.05. The second-order valence-corrected chi connectivity index (χ2v) is 3.21. The number of hydrogen-bond donors (Lipinski definition) is 2. The van der Waals surface area contributed by atoms with Crippen molar-refractivity contribution in [1.29, 1.82) is 5.26 Å². The summed E-state index contributed by atoms with van der Waals surface area (Å²) in [5.41, 5.74) is 2.71. The first-order chi connectivity index (χ1) is 6.72. The molecule has 74 valence electrons. The van der Waals surface area contributed by atoms with Gasteiger partial charge >= 0.3 is 0 Å². The van der Waals surface area contributed by atoms with Crippen LogP contribution in [-0.4, -0.2) is 18.8 Å². The molecule has 2 N–H and O–H groups in total. The van der Waals surface area contributed by atoms with E-state index in [0.29, 0.717) is 5.56 Å². The number of benzene rings is 1. The highest BCUT2D eigenvalue weighted by atomic mass is 16.3. The Bertz CT molecular complexity index is 351. The molecule has 0 heterocycles. The fourth-order valence-electron chi connectivity index (χ4n) is 1.48. The summed E-state index contributed by atoms with van der Waals surface area (Å²) in [4.78, 5) is 0. The first kappa shape index (κ1) is 10.7. The molecule has 1 atom stereocenters. The summed E-state index contributed by atoms with van der Waals surface area (Å²) in [5.74, 6) is 0. The second kappa shape index (κ2) is 4.75. The first-order valence-corrected chi connectivity index (χ1v) is 4.51. The third-order valence-electron chi connectivity index (χ3n) is 2.31. The van der Waals surface area contributed by atoms with E-state index >= 15 is 0 Å². The van der Waals surface area contributed by atoms with Crippen molar-refractivity contribution in [3.63, 3.8) is 0 Å². The molecule has 0 aliphatic carbocycles. The standard InChI is InChI=1S/C11H14N2O/c1-8-5-9(6-12)3-4-10(8)11(7-14)13-2/h3-5,11,13-14H,7H2,1-2H3. The van der Waals surface area contributed by atoms with Gasteiger partial charge in [-0.15, -0.1) is 0 Å². The molecule has 0 aliphatic heterocycles. The van der Waals surface area contributed by atoms with Crippen molar-refractivity contribution >= 4 is 0 Å². The van der Waals surface area contributed by atoms with Crippen molar-refractivity contribution in [3.8, 4) is 6.07 Å². The topological polar surface area (TPSA) is 56.0 Å². The summed E-state index contributed by atoms with van der Waals surface area (Å²) in [6.07, 6.45) is 0. The van der Waals surface area contributed by atoms with Crippen LogP contribution >= 0.6 is 0 Å². The number of rotatable bonds is 3. The molecule has 0 saturated heterocycles. The number of aliphatic hydroxyl groups excluding tert-OH is 1. The highest BCUT2D eigenvalue weighted by Gasteiger charge is 2.10. The van der Waals surface area contributed by atoms with Gasteiger partial charge in [-0.1, -0.05) is 6.07 Å². The van der Waals surface area contributed by atoms with Gasteiger partial charge in [-0.3, -0.25) is 0 Å². The molecule has 1 aromatic rings. The van der Waals surface area contributed by atoms with Crippen molar-refractivity contribution in [2.45, 2.75) is 13.0 Å². The molecular weight excluding hydrogens is 176 g/mol. The number of nitrogens with one attached hydrogen (secondary N) is 1. The lowest BCUT2D eigenvalue weighted by Gasteiger charge is -2.16. The summed E-state index contributed by atoms with van der Waals surface area (Å²) < 4.78 is 0. The van der Waals surface area contributed by atoms with Crippen LogP contribution in [0.15, 0.2) is 18.2 Å². The molecule has 0 saturated carbocycles. The molecule has 1 aromatic carbocycles. The Morgan fingerprint density at radius 2 is 2.29 bits per heavy atom. The van der Waals surface area contributed by atoms with Crippen LogP contribution < -0.4 is 5.32 Å². The molecule has 0 bridgehead atoms. The zero-order valence-corrected chi connectivity index (χ0v) is 8.41. The smallest absolute Gasteiger partial charge is 0.0991 e. The van der Waals surface area contributed by atoms with E-state index in [-0.39, 0.29) is 12.6 Å². The summed E-state index contributed by atoms with van der Waals surface area (Å²) in [6.45, 7) is 2.00. The van der Waals surface area contributed by atoms with E-state index < -0.39 is 0 Å². The van der Waals surface area contributed by atoms with Crippen LogP contribution in [0.25, 0.3) is 0 Å². The molecule has 0 radical (unpaired) electrons. The van der Waals surface area contributed by atoms with Crippen molar-refractivity contribution in [3.05, 3.63) is 34.9 Å². The van der Waals surface area contributed by atoms with Gasteiger partial charge in [0.05, 0.1) is 24.3 Å². The van der Waals surface area contributed by atoms with E-state index in [1.165, 1.54) is 0 Å². The minimum absolute atomic E-state index is 0.0530. The SMILES string of the molecule is CNC(CO)c1ccc(C#N)cc1C. The number of hydrogen-bond acceptors (Lipinski definition) is 3. The summed E-state index contributed by atoms with van der Waals surface area (Å²) >= 11 is 0. The quantitative estimate of drug-likeness (QED) is 0.751. The summed E-state index contributed by atoms with van der Waals surface area (Å²) in [6, 6.07) is 7.51. The van der Waals surface area contributed by atoms with E-state index in [1.807, 2.05) is 19.1 Å². The lowest BCUT2D eigenvalue weighted by molar-refractivity contribution is 0.250. The van der Waals surface area contributed by atoms with E-state index in [0.717, 1.165) is 11.1 Å². The number of aryl methyl sites for hydroxylation is 1. The van der Waals surface area contributed by atoms with Crippen molar-refractivity contribution in [2.75, 3.05) is 13.7 Å². The van der Waals surface area contributed by atoms with Gasteiger partial charge in [-0.25, -0.2) is 0 Å². The minimum Gasteiger partial charge on any atom is -0.394 e. The number of aliphatic hydroxyl groups is 1. The fraction of sp³-hybridized carbons (Fsp3) is 0.364. The van der Waals surface area contributed by atoms with Crippen LogP contribution in [0.1, 0.15) is 22.7 Å². The van der Waals surface area contributed by atoms with Crippen molar-refractivity contribution in [2.24, 2.45) is 0 Å². The molecule has 0 amide bonds. The average Bonchev–Trinajstić information content (AvgIpc) is 2.22. The predicted molar refractivity (Wildman–Crippen MR) is 54.8 cm³/mol. The summed E-state index contributed by atoms with van der Waals surface area (Å²) in [5, 5.41) is 20.8. The predicted octanol–water partition coefficient (Wildman–Crippen LogP) is 1.12. The first-order valence-electron chi connectivity index (χ1n) is 4.51. The molecule has 1 rings (SSSR count). The monoisotopic (exact) mass is 190 g/mol. The number of nitrogens with zero attached hydrogens (tertiary/aromatic N) is 1. The third-order valence-corrected chi connectivity index (χ3v) is 2.31. The largest absolute Gasteiger partial charge is 0.394 e. The lowest BCUT2D eigenvalue weighted by Crippen LogP contribution is -2.20. The van der Waals surface area contributed by atoms with Gasteiger partial charge in [0.25, 0.3) is 0 Å². The maximum atomic E-state index is 9.10. The Labute approximate surface area is 84.0 Å². The highest BCUT2D eigenvalue weighted by molar-refractivity contribution is 5.38. The molecule has 0 fully saturated rings. The van der Waals surface area contributed by atoms with Gasteiger partial charge in [0.2, 0.25) is 0 Å². The van der Waals surface area contributed by atoms with E-state index in [4.69, 9.17) is 10.4 Å². The lowest BCUT2D eigenvalue weighted by atomic mass is 10.00. The van der Waals surface area contributed by atoms with Crippen molar-refractivity contribution in [1.82, 2.24) is 5.32 Å². The van der Waals surface area contributed by atoms with Gasteiger partial charge in [0, 0.05) is 0 Å². The molecule has 1 unspecified atom stereocenters. The van der Waals surface area contributed by atoms with Gasteiger partial charge in [0.1, 0.15) is 0 Å². The maximum Gasteiger partial charge on any atom is 0.0991 e. The normalized spacial score (nSPS) is 12.1. The van der Waals surface area contributed by atoms with Crippen LogP contribution in [0.4, 0.5) is 0 Å². The number of likely N-dealkylation sites (N-methyl/N-ethyl adjacent to an activating group) is 1. The highest BCUT2D eigenvalue weighted by Crippen LogP contribution is 2.18. The van der Waals surface area contributed by atoms with Gasteiger partial charge < -0.3 is 10.4 Å². The van der Waals surface area contributed by atoms with E-state index in [1.54, 1.807) is 13.1 Å². The average molecular weight is 190 g/mol. The molecule has 0 aromatic heterocycles. The second-order valence-electron chi connectivity index (χ2n) is 3.21. The summed E-state index contributed by atoms with van der Waals surface area (Å²) in [7, 11) is 1.80. The van der Waals surface area contributed by atoms with Crippen LogP contribution in [0.5, 0.6) is 0 Å². The minimum atomic E-state index is -0.0530. The van der Waals surface area contributed by atoms with E-state index in [2.05, 4.69) is 11.4 Å². The molecule has 3 heteroatoms. The Morgan fingerprint density at radius 3 is 2.71 bits per heavy atom. The Hall–Kier alpha value is -1.37. The molecule has 14 heavy (non-hydrogen) atoms. The zero-order chi connectivity index (χ0) is 10.6. The molecular formula is C11H14N2O. The number of nitriles is 1. The van der Waals surface area contributed by atoms with Crippen LogP contribution in [-0.2, 0) is 0 Å². The molecule has 0 spiro atoms. The van der Waals surface area contributed by atoms with Gasteiger partial charge in [-0.2, -0.15) is 5.26 Å².